The summed E-state index contributed by atoms with van der Waals surface area (Å²) in [5, 5.41) is 0. The molecule has 0 aliphatic rings. The first-order valence-corrected chi connectivity index (χ1v) is 16.0. The van der Waals surface area contributed by atoms with Crippen molar-refractivity contribution in [2.45, 2.75) is 41.5 Å². The number of benzene rings is 6. The molecular formula is C44H42N2. The largest absolute Gasteiger partial charge is 0.310 e. The summed E-state index contributed by atoms with van der Waals surface area (Å²) in [7, 11) is 0. The van der Waals surface area contributed by atoms with Crippen molar-refractivity contribution in [3.05, 3.63) is 178 Å². The SMILES string of the molecule is Cc1cc(C)cc(N(c2ccccc2)c2ccc(C=Cc3ccc(N(c4cc(C)cc(C)c4)c4cc(C)cc(C)c4)cc3)cc2)c1. The van der Waals surface area contributed by atoms with Crippen LogP contribution in [-0.4, -0.2) is 0 Å². The lowest BCUT2D eigenvalue weighted by Crippen LogP contribution is -2.11. The van der Waals surface area contributed by atoms with Crippen LogP contribution in [0.25, 0.3) is 12.2 Å². The number of aryl methyl sites for hydroxylation is 6. The van der Waals surface area contributed by atoms with E-state index in [1.54, 1.807) is 0 Å². The van der Waals surface area contributed by atoms with Gasteiger partial charge in [-0.05, 0) is 159 Å². The first-order chi connectivity index (χ1) is 22.2. The Morgan fingerprint density at radius 2 is 0.587 bits per heavy atom. The van der Waals surface area contributed by atoms with Gasteiger partial charge in [-0.15, -0.1) is 0 Å². The average Bonchev–Trinajstić information content (AvgIpc) is 3.01. The summed E-state index contributed by atoms with van der Waals surface area (Å²) in [4.78, 5) is 4.68. The van der Waals surface area contributed by atoms with Gasteiger partial charge in [0, 0.05) is 34.1 Å². The molecule has 0 saturated carbocycles. The van der Waals surface area contributed by atoms with E-state index in [1.165, 1.54) is 50.4 Å². The van der Waals surface area contributed by atoms with Crippen molar-refractivity contribution in [3.8, 4) is 0 Å². The van der Waals surface area contributed by atoms with Gasteiger partial charge >= 0.3 is 0 Å². The lowest BCUT2D eigenvalue weighted by molar-refractivity contribution is 1.23. The molecule has 0 spiro atoms. The third-order valence-corrected chi connectivity index (χ3v) is 8.18. The molecule has 0 N–H and O–H groups in total. The predicted molar refractivity (Wildman–Crippen MR) is 200 cm³/mol. The highest BCUT2D eigenvalue weighted by Gasteiger charge is 2.15. The zero-order chi connectivity index (χ0) is 32.2. The van der Waals surface area contributed by atoms with Crippen LogP contribution in [0.15, 0.2) is 133 Å². The minimum Gasteiger partial charge on any atom is -0.310 e. The van der Waals surface area contributed by atoms with Gasteiger partial charge in [0.05, 0.1) is 0 Å². The highest BCUT2D eigenvalue weighted by atomic mass is 15.1. The number of hydrogen-bond acceptors (Lipinski definition) is 2. The Morgan fingerprint density at radius 1 is 0.304 bits per heavy atom. The maximum Gasteiger partial charge on any atom is 0.0466 e. The van der Waals surface area contributed by atoms with E-state index in [1.807, 2.05) is 0 Å². The van der Waals surface area contributed by atoms with Gasteiger partial charge in [0.15, 0.2) is 0 Å². The summed E-state index contributed by atoms with van der Waals surface area (Å²) in [5.41, 5.74) is 16.8. The fraction of sp³-hybridized carbons (Fsp3) is 0.136. The molecule has 0 heterocycles. The van der Waals surface area contributed by atoms with Gasteiger partial charge in [0.2, 0.25) is 0 Å². The van der Waals surface area contributed by atoms with Crippen LogP contribution in [0, 0.1) is 41.5 Å². The van der Waals surface area contributed by atoms with Crippen molar-refractivity contribution in [1.29, 1.82) is 0 Å². The Bertz CT molecular complexity index is 1870. The van der Waals surface area contributed by atoms with Crippen molar-refractivity contribution in [2.75, 3.05) is 9.80 Å². The number of nitrogens with zero attached hydrogens (tertiary/aromatic N) is 2. The Hall–Kier alpha value is -5.34. The molecule has 0 unspecified atom stereocenters. The first kappa shape index (κ1) is 30.7. The Balaban J connectivity index is 1.27. The highest BCUT2D eigenvalue weighted by molar-refractivity contribution is 5.81. The van der Waals surface area contributed by atoms with Gasteiger partial charge in [0.1, 0.15) is 0 Å². The van der Waals surface area contributed by atoms with Crippen molar-refractivity contribution in [2.24, 2.45) is 0 Å². The zero-order valence-corrected chi connectivity index (χ0v) is 27.8. The van der Waals surface area contributed by atoms with Gasteiger partial charge in [-0.2, -0.15) is 0 Å². The molecule has 2 heteroatoms. The average molecular weight is 599 g/mol. The maximum atomic E-state index is 2.36. The number of rotatable bonds is 8. The van der Waals surface area contributed by atoms with Crippen LogP contribution >= 0.6 is 0 Å². The summed E-state index contributed by atoms with van der Waals surface area (Å²) in [5.74, 6) is 0. The predicted octanol–water partition coefficient (Wildman–Crippen LogP) is 12.6. The second kappa shape index (κ2) is 13.3. The van der Waals surface area contributed by atoms with Gasteiger partial charge < -0.3 is 9.80 Å². The molecule has 0 atom stereocenters. The number of para-hydroxylation sites is 1. The fourth-order valence-electron chi connectivity index (χ4n) is 6.37. The van der Waals surface area contributed by atoms with Crippen LogP contribution in [0.5, 0.6) is 0 Å². The summed E-state index contributed by atoms with van der Waals surface area (Å²) in [6, 6.07) is 48.5. The minimum absolute atomic E-state index is 1.13. The van der Waals surface area contributed by atoms with Crippen molar-refractivity contribution < 1.29 is 0 Å². The fourth-order valence-corrected chi connectivity index (χ4v) is 6.37. The molecule has 0 aliphatic heterocycles. The monoisotopic (exact) mass is 598 g/mol. The molecule has 0 fully saturated rings. The summed E-state index contributed by atoms with van der Waals surface area (Å²) < 4.78 is 0. The van der Waals surface area contributed by atoms with E-state index >= 15 is 0 Å². The molecule has 6 aromatic carbocycles. The van der Waals surface area contributed by atoms with Crippen molar-refractivity contribution in [1.82, 2.24) is 0 Å². The van der Waals surface area contributed by atoms with Crippen LogP contribution in [0.4, 0.5) is 34.1 Å². The number of anilines is 6. The summed E-state index contributed by atoms with van der Waals surface area (Å²) in [6.45, 7) is 13.0. The normalized spacial score (nSPS) is 11.2. The zero-order valence-electron chi connectivity index (χ0n) is 27.8. The molecular weight excluding hydrogens is 556 g/mol. The van der Waals surface area contributed by atoms with Gasteiger partial charge in [-0.1, -0.05) is 72.8 Å². The second-order valence-electron chi connectivity index (χ2n) is 12.6. The van der Waals surface area contributed by atoms with E-state index in [0.717, 1.165) is 28.2 Å². The molecule has 0 bridgehead atoms. The van der Waals surface area contributed by atoms with E-state index in [-0.39, 0.29) is 0 Å². The second-order valence-corrected chi connectivity index (χ2v) is 12.6. The molecule has 6 rings (SSSR count). The van der Waals surface area contributed by atoms with E-state index in [9.17, 15) is 0 Å². The molecule has 0 radical (unpaired) electrons. The molecule has 0 amide bonds. The lowest BCUT2D eigenvalue weighted by Gasteiger charge is -2.27. The van der Waals surface area contributed by atoms with Gasteiger partial charge in [0.25, 0.3) is 0 Å². The maximum absolute atomic E-state index is 2.36. The Morgan fingerprint density at radius 3 is 0.913 bits per heavy atom. The van der Waals surface area contributed by atoms with Crippen LogP contribution < -0.4 is 9.80 Å². The summed E-state index contributed by atoms with van der Waals surface area (Å²) >= 11 is 0. The van der Waals surface area contributed by atoms with E-state index < -0.39 is 0 Å². The number of hydrogen-bond donors (Lipinski definition) is 0. The third kappa shape index (κ3) is 7.14. The van der Waals surface area contributed by atoms with E-state index in [0.29, 0.717) is 0 Å². The quantitative estimate of drug-likeness (QED) is 0.161. The van der Waals surface area contributed by atoms with Crippen LogP contribution in [-0.2, 0) is 0 Å². The Kier molecular flexibility index (Phi) is 8.90. The highest BCUT2D eigenvalue weighted by Crippen LogP contribution is 2.38. The van der Waals surface area contributed by atoms with Gasteiger partial charge in [-0.25, -0.2) is 0 Å². The minimum atomic E-state index is 1.13. The van der Waals surface area contributed by atoms with Crippen LogP contribution in [0.1, 0.15) is 44.5 Å². The molecule has 46 heavy (non-hydrogen) atoms. The van der Waals surface area contributed by atoms with E-state index in [2.05, 4.69) is 197 Å². The molecule has 2 nitrogen and oxygen atoms in total. The molecule has 0 aliphatic carbocycles. The smallest absolute Gasteiger partial charge is 0.0466 e. The van der Waals surface area contributed by atoms with Crippen LogP contribution in [0.2, 0.25) is 0 Å². The lowest BCUT2D eigenvalue weighted by atomic mass is 10.1. The van der Waals surface area contributed by atoms with Gasteiger partial charge in [-0.3, -0.25) is 0 Å². The first-order valence-electron chi connectivity index (χ1n) is 16.0. The molecule has 6 aromatic rings. The van der Waals surface area contributed by atoms with Crippen molar-refractivity contribution in [3.63, 3.8) is 0 Å². The molecule has 228 valence electrons. The van der Waals surface area contributed by atoms with Crippen LogP contribution in [0.3, 0.4) is 0 Å². The van der Waals surface area contributed by atoms with E-state index in [4.69, 9.17) is 0 Å². The standard InChI is InChI=1S/C44H42N2/c1-31-22-32(2)26-42(25-31)45(39-10-8-7-9-11-39)40-18-14-37(15-19-40)12-13-38-16-20-41(21-17-38)46(43-27-33(3)23-34(4)28-43)44-29-35(5)24-36(6)30-44/h7-30H,1-6H3. The Labute approximate surface area is 274 Å². The third-order valence-electron chi connectivity index (χ3n) is 8.18. The molecule has 0 aromatic heterocycles. The van der Waals surface area contributed by atoms with Crippen molar-refractivity contribution >= 4 is 46.3 Å². The topological polar surface area (TPSA) is 6.48 Å². The molecule has 0 saturated heterocycles. The summed E-state index contributed by atoms with van der Waals surface area (Å²) in [6.07, 6.45) is 4.38.